The van der Waals surface area contributed by atoms with Gasteiger partial charge in [0.15, 0.2) is 0 Å². The van der Waals surface area contributed by atoms with Crippen LogP contribution in [-0.4, -0.2) is 60.5 Å². The quantitative estimate of drug-likeness (QED) is 0.642. The fourth-order valence-corrected chi connectivity index (χ4v) is 5.13. The molecule has 2 aliphatic heterocycles. The number of methoxy groups -OCH3 is 1. The summed E-state index contributed by atoms with van der Waals surface area (Å²) in [6.07, 6.45) is 8.14. The second-order valence-electron chi connectivity index (χ2n) is 9.57. The van der Waals surface area contributed by atoms with Crippen LogP contribution in [0.3, 0.4) is 0 Å². The van der Waals surface area contributed by atoms with Gasteiger partial charge in [-0.25, -0.2) is 0 Å². The number of carbonyl (C=O) groups excluding carboxylic acids is 1. The highest BCUT2D eigenvalue weighted by Crippen LogP contribution is 2.27. The minimum Gasteiger partial charge on any atom is -0.497 e. The van der Waals surface area contributed by atoms with E-state index in [4.69, 9.17) is 9.72 Å². The summed E-state index contributed by atoms with van der Waals surface area (Å²) in [5.74, 6) is 2.43. The number of rotatable bonds is 7. The first kappa shape index (κ1) is 22.8. The lowest BCUT2D eigenvalue weighted by molar-refractivity contribution is -0.132. The predicted octanol–water partition coefficient (Wildman–Crippen LogP) is 4.51. The molecule has 2 aromatic rings. The largest absolute Gasteiger partial charge is 0.497 e. The number of pyridine rings is 1. The Bertz CT molecular complexity index is 875. The highest BCUT2D eigenvalue weighted by molar-refractivity contribution is 5.76. The molecule has 32 heavy (non-hydrogen) atoms. The van der Waals surface area contributed by atoms with Crippen molar-refractivity contribution in [2.75, 3.05) is 39.8 Å². The molecule has 172 valence electrons. The van der Waals surface area contributed by atoms with Crippen LogP contribution in [0.15, 0.2) is 42.6 Å². The molecule has 0 aliphatic carbocycles. The van der Waals surface area contributed by atoms with E-state index in [0.29, 0.717) is 18.2 Å². The molecular formula is C27H37N3O2. The summed E-state index contributed by atoms with van der Waals surface area (Å²) in [7, 11) is 1.70. The number of piperidine rings is 2. The summed E-state index contributed by atoms with van der Waals surface area (Å²) >= 11 is 0. The molecule has 2 fully saturated rings. The zero-order chi connectivity index (χ0) is 22.3. The molecular weight excluding hydrogens is 398 g/mol. The van der Waals surface area contributed by atoms with Crippen LogP contribution in [0.25, 0.3) is 0 Å². The lowest BCUT2D eigenvalue weighted by Crippen LogP contribution is -2.41. The van der Waals surface area contributed by atoms with Crippen LogP contribution in [0.2, 0.25) is 0 Å². The van der Waals surface area contributed by atoms with Crippen LogP contribution in [0.1, 0.15) is 61.8 Å². The lowest BCUT2D eigenvalue weighted by atomic mass is 9.92. The molecule has 0 N–H and O–H groups in total. The average molecular weight is 436 g/mol. The fourth-order valence-electron chi connectivity index (χ4n) is 5.13. The molecule has 0 saturated carbocycles. The van der Waals surface area contributed by atoms with Gasteiger partial charge in [0.2, 0.25) is 5.91 Å². The molecule has 5 heteroatoms. The van der Waals surface area contributed by atoms with Gasteiger partial charge in [0.25, 0.3) is 0 Å². The van der Waals surface area contributed by atoms with E-state index in [1.807, 2.05) is 18.3 Å². The van der Waals surface area contributed by atoms with Crippen LogP contribution < -0.4 is 4.74 Å². The van der Waals surface area contributed by atoms with Gasteiger partial charge in [0, 0.05) is 50.4 Å². The van der Waals surface area contributed by atoms with Gasteiger partial charge < -0.3 is 14.5 Å². The lowest BCUT2D eigenvalue weighted by Gasteiger charge is -2.34. The second-order valence-corrected chi connectivity index (χ2v) is 9.57. The first-order chi connectivity index (χ1) is 15.6. The van der Waals surface area contributed by atoms with E-state index in [-0.39, 0.29) is 0 Å². The first-order valence-corrected chi connectivity index (χ1v) is 12.2. The molecule has 0 spiro atoms. The molecule has 1 aromatic heterocycles. The summed E-state index contributed by atoms with van der Waals surface area (Å²) in [4.78, 5) is 22.0. The Balaban J connectivity index is 1.23. The number of ether oxygens (including phenoxy) is 1. The highest BCUT2D eigenvalue weighted by Gasteiger charge is 2.25. The van der Waals surface area contributed by atoms with Crippen molar-refractivity contribution >= 4 is 5.91 Å². The molecule has 2 saturated heterocycles. The number of hydrogen-bond donors (Lipinski definition) is 0. The molecule has 4 rings (SSSR count). The minimum atomic E-state index is 0.322. The second kappa shape index (κ2) is 11.0. The summed E-state index contributed by atoms with van der Waals surface area (Å²) < 4.78 is 5.32. The average Bonchev–Trinajstić information content (AvgIpc) is 2.83. The van der Waals surface area contributed by atoms with Gasteiger partial charge >= 0.3 is 0 Å². The molecule has 3 heterocycles. The maximum absolute atomic E-state index is 12.7. The van der Waals surface area contributed by atoms with E-state index in [1.165, 1.54) is 24.0 Å². The molecule has 0 unspecified atom stereocenters. The fraction of sp³-hybridized carbons (Fsp3) is 0.556. The maximum Gasteiger partial charge on any atom is 0.223 e. The molecule has 2 aliphatic rings. The van der Waals surface area contributed by atoms with Gasteiger partial charge in [0.05, 0.1) is 7.11 Å². The predicted molar refractivity (Wildman–Crippen MR) is 128 cm³/mol. The number of aromatic nitrogens is 1. The highest BCUT2D eigenvalue weighted by atomic mass is 16.5. The number of nitrogens with zero attached hydrogens (tertiary/aromatic N) is 3. The van der Waals surface area contributed by atoms with Crippen LogP contribution in [0.5, 0.6) is 5.75 Å². The Kier molecular flexibility index (Phi) is 7.80. The Morgan fingerprint density at radius 2 is 1.94 bits per heavy atom. The van der Waals surface area contributed by atoms with Gasteiger partial charge in [-0.2, -0.15) is 0 Å². The number of likely N-dealkylation sites (tertiary alicyclic amines) is 2. The molecule has 1 amide bonds. The summed E-state index contributed by atoms with van der Waals surface area (Å²) in [6.45, 7) is 7.24. The van der Waals surface area contributed by atoms with E-state index < -0.39 is 0 Å². The third kappa shape index (κ3) is 6.10. The molecule has 1 atom stereocenters. The maximum atomic E-state index is 12.7. The Morgan fingerprint density at radius 1 is 1.09 bits per heavy atom. The summed E-state index contributed by atoms with van der Waals surface area (Å²) in [5, 5.41) is 0. The zero-order valence-corrected chi connectivity index (χ0v) is 19.6. The van der Waals surface area contributed by atoms with Crippen molar-refractivity contribution < 1.29 is 9.53 Å². The van der Waals surface area contributed by atoms with E-state index in [9.17, 15) is 4.79 Å². The Morgan fingerprint density at radius 3 is 2.66 bits per heavy atom. The number of benzene rings is 1. The molecule has 5 nitrogen and oxygen atoms in total. The van der Waals surface area contributed by atoms with Crippen molar-refractivity contribution in [3.63, 3.8) is 0 Å². The van der Waals surface area contributed by atoms with Crippen molar-refractivity contribution in [3.8, 4) is 5.75 Å². The zero-order valence-electron chi connectivity index (χ0n) is 19.6. The van der Waals surface area contributed by atoms with Gasteiger partial charge in [-0.3, -0.25) is 9.78 Å². The number of amides is 1. The smallest absolute Gasteiger partial charge is 0.223 e. The topological polar surface area (TPSA) is 45.7 Å². The molecule has 0 bridgehead atoms. The van der Waals surface area contributed by atoms with Gasteiger partial charge in [-0.1, -0.05) is 25.1 Å². The molecule has 1 aromatic carbocycles. The minimum absolute atomic E-state index is 0.322. The Hall–Kier alpha value is -2.40. The van der Waals surface area contributed by atoms with Crippen molar-refractivity contribution in [1.29, 1.82) is 0 Å². The SMILES string of the molecule is COc1cccc(Cc2ccc(C3CCN(C(=O)CCN4CCC[C@@H](C)C4)CC3)nc2)c1. The van der Waals surface area contributed by atoms with Gasteiger partial charge in [-0.15, -0.1) is 0 Å². The van der Waals surface area contributed by atoms with E-state index in [0.717, 1.165) is 69.3 Å². The van der Waals surface area contributed by atoms with Gasteiger partial charge in [0.1, 0.15) is 5.75 Å². The van der Waals surface area contributed by atoms with Crippen molar-refractivity contribution in [3.05, 3.63) is 59.4 Å². The van der Waals surface area contributed by atoms with Crippen LogP contribution >= 0.6 is 0 Å². The third-order valence-electron chi connectivity index (χ3n) is 7.04. The van der Waals surface area contributed by atoms with E-state index in [2.05, 4.69) is 41.0 Å². The molecule has 0 radical (unpaired) electrons. The van der Waals surface area contributed by atoms with E-state index in [1.54, 1.807) is 7.11 Å². The van der Waals surface area contributed by atoms with Crippen molar-refractivity contribution in [2.24, 2.45) is 5.92 Å². The Labute approximate surface area is 192 Å². The van der Waals surface area contributed by atoms with Crippen LogP contribution in [0.4, 0.5) is 0 Å². The summed E-state index contributed by atoms with van der Waals surface area (Å²) in [5.41, 5.74) is 3.60. The monoisotopic (exact) mass is 435 g/mol. The summed E-state index contributed by atoms with van der Waals surface area (Å²) in [6, 6.07) is 12.6. The first-order valence-electron chi connectivity index (χ1n) is 12.2. The van der Waals surface area contributed by atoms with Crippen molar-refractivity contribution in [1.82, 2.24) is 14.8 Å². The standard InChI is InChI=1S/C27H37N3O2/c1-21-5-4-13-29(20-21)14-12-27(31)30-15-10-24(11-16-30)26-9-8-23(19-28-26)17-22-6-3-7-25(18-22)32-2/h3,6-9,18-19,21,24H,4-5,10-17,20H2,1-2H3/t21-/m1/s1. The van der Waals surface area contributed by atoms with Gasteiger partial charge in [-0.05, 0) is 73.9 Å². The normalized spacial score (nSPS) is 20.3. The van der Waals surface area contributed by atoms with Crippen LogP contribution in [0, 0.1) is 5.92 Å². The third-order valence-corrected chi connectivity index (χ3v) is 7.04. The number of hydrogen-bond acceptors (Lipinski definition) is 4. The van der Waals surface area contributed by atoms with Crippen LogP contribution in [-0.2, 0) is 11.2 Å². The van der Waals surface area contributed by atoms with E-state index >= 15 is 0 Å². The van der Waals surface area contributed by atoms with Crippen molar-refractivity contribution in [2.45, 2.75) is 51.4 Å². The number of carbonyl (C=O) groups is 1.